The minimum atomic E-state index is -0.268. The highest BCUT2D eigenvalue weighted by Gasteiger charge is 2.27. The molecule has 6 heteroatoms. The number of fused-ring (bicyclic) bond motifs is 1. The molecule has 1 aliphatic rings. The molecule has 0 aliphatic heterocycles. The van der Waals surface area contributed by atoms with E-state index in [1.165, 1.54) is 41.5 Å². The number of nitrogens with zero attached hydrogens (tertiary/aromatic N) is 3. The molecule has 2 N–H and O–H groups in total. The molecule has 0 saturated carbocycles. The van der Waals surface area contributed by atoms with Crippen molar-refractivity contribution in [2.24, 2.45) is 0 Å². The van der Waals surface area contributed by atoms with Gasteiger partial charge >= 0.3 is 0 Å². The molecule has 0 fully saturated rings. The van der Waals surface area contributed by atoms with Crippen molar-refractivity contribution in [1.29, 1.82) is 0 Å². The molecule has 0 atom stereocenters. The molecule has 1 aromatic heterocycles. The first-order valence-corrected chi connectivity index (χ1v) is 9.89. The van der Waals surface area contributed by atoms with Gasteiger partial charge < -0.3 is 0 Å². The Morgan fingerprint density at radius 1 is 1.14 bits per heavy atom. The van der Waals surface area contributed by atoms with Crippen LogP contribution in [-0.4, -0.2) is 26.5 Å². The number of hydrogen-bond acceptors (Lipinski definition) is 4. The Kier molecular flexibility index (Phi) is 5.01. The smallest absolute Gasteiger partial charge is 0.270 e. The highest BCUT2D eigenvalue weighted by atomic mass is 16.1. The lowest BCUT2D eigenvalue weighted by Crippen LogP contribution is -2.23. The fourth-order valence-electron chi connectivity index (χ4n) is 3.98. The normalized spacial score (nSPS) is 15.6. The number of H-pyrrole nitrogens is 1. The SMILES string of the molecule is CC(=Cc1ccc(C(=O)Nc2nn[nH]n2)cc1)c1ccc2c(c1)C(C)(C)CCC2. The topological polar surface area (TPSA) is 83.6 Å². The van der Waals surface area contributed by atoms with Crippen LogP contribution in [0.3, 0.4) is 0 Å². The zero-order chi connectivity index (χ0) is 20.4. The van der Waals surface area contributed by atoms with Crippen LogP contribution in [0.2, 0.25) is 0 Å². The molecule has 1 heterocycles. The van der Waals surface area contributed by atoms with Crippen molar-refractivity contribution in [3.8, 4) is 0 Å². The maximum absolute atomic E-state index is 12.2. The summed E-state index contributed by atoms with van der Waals surface area (Å²) in [7, 11) is 0. The van der Waals surface area contributed by atoms with Gasteiger partial charge in [-0.25, -0.2) is 0 Å². The lowest BCUT2D eigenvalue weighted by molar-refractivity contribution is 0.102. The van der Waals surface area contributed by atoms with Gasteiger partial charge in [0.05, 0.1) is 0 Å². The van der Waals surface area contributed by atoms with Gasteiger partial charge in [-0.2, -0.15) is 5.21 Å². The van der Waals surface area contributed by atoms with Gasteiger partial charge in [-0.15, -0.1) is 5.10 Å². The predicted molar refractivity (Wildman–Crippen MR) is 115 cm³/mol. The Labute approximate surface area is 170 Å². The van der Waals surface area contributed by atoms with Gasteiger partial charge in [0.25, 0.3) is 11.9 Å². The van der Waals surface area contributed by atoms with Crippen LogP contribution >= 0.6 is 0 Å². The summed E-state index contributed by atoms with van der Waals surface area (Å²) in [6.07, 6.45) is 5.83. The second-order valence-electron chi connectivity index (χ2n) is 8.25. The summed E-state index contributed by atoms with van der Waals surface area (Å²) in [5.41, 5.74) is 7.24. The lowest BCUT2D eigenvalue weighted by Gasteiger charge is -2.33. The summed E-state index contributed by atoms with van der Waals surface area (Å²) in [6.45, 7) is 6.81. The Morgan fingerprint density at radius 3 is 2.62 bits per heavy atom. The zero-order valence-electron chi connectivity index (χ0n) is 17.0. The minimum Gasteiger partial charge on any atom is -0.288 e. The number of carbonyl (C=O) groups excluding carboxylic acids is 1. The molecule has 2 aromatic carbocycles. The van der Waals surface area contributed by atoms with E-state index < -0.39 is 0 Å². The standard InChI is InChI=1S/C23H25N5O/c1-15(19-11-10-17-5-4-12-23(2,3)20(17)14-19)13-16-6-8-18(9-7-16)21(29)24-22-25-27-28-26-22/h6-11,13-14H,4-5,12H2,1-3H3,(H2,24,25,26,27,28,29). The number of aryl methyl sites for hydroxylation is 1. The van der Waals surface area contributed by atoms with Crippen molar-refractivity contribution in [3.05, 3.63) is 70.3 Å². The lowest BCUT2D eigenvalue weighted by atomic mass is 9.72. The van der Waals surface area contributed by atoms with Gasteiger partial charge in [0.2, 0.25) is 0 Å². The molecule has 3 aromatic rings. The summed E-state index contributed by atoms with van der Waals surface area (Å²) >= 11 is 0. The quantitative estimate of drug-likeness (QED) is 0.640. The molecule has 29 heavy (non-hydrogen) atoms. The molecule has 0 unspecified atom stereocenters. The van der Waals surface area contributed by atoms with E-state index in [2.05, 4.69) is 71.0 Å². The van der Waals surface area contributed by atoms with Crippen molar-refractivity contribution in [2.45, 2.75) is 45.4 Å². The number of aromatic nitrogens is 4. The maximum atomic E-state index is 12.2. The van der Waals surface area contributed by atoms with Crippen LogP contribution in [0.1, 0.15) is 66.2 Å². The van der Waals surface area contributed by atoms with E-state index in [-0.39, 0.29) is 17.3 Å². The Hall–Kier alpha value is -3.28. The van der Waals surface area contributed by atoms with Gasteiger partial charge in [-0.05, 0) is 76.8 Å². The first-order chi connectivity index (χ1) is 13.9. The summed E-state index contributed by atoms with van der Waals surface area (Å²) in [4.78, 5) is 12.2. The summed E-state index contributed by atoms with van der Waals surface area (Å²) in [5, 5.41) is 15.8. The second kappa shape index (κ2) is 7.62. The van der Waals surface area contributed by atoms with Crippen LogP contribution in [0, 0.1) is 0 Å². The summed E-state index contributed by atoms with van der Waals surface area (Å²) in [6, 6.07) is 14.3. The molecule has 148 valence electrons. The number of allylic oxidation sites excluding steroid dienone is 1. The van der Waals surface area contributed by atoms with Crippen LogP contribution in [0.15, 0.2) is 42.5 Å². The van der Waals surface area contributed by atoms with E-state index in [1.807, 2.05) is 12.1 Å². The molecule has 0 radical (unpaired) electrons. The van der Waals surface area contributed by atoms with E-state index in [1.54, 1.807) is 12.1 Å². The van der Waals surface area contributed by atoms with E-state index in [4.69, 9.17) is 0 Å². The zero-order valence-corrected chi connectivity index (χ0v) is 17.0. The van der Waals surface area contributed by atoms with Gasteiger partial charge in [0.1, 0.15) is 0 Å². The third-order valence-corrected chi connectivity index (χ3v) is 5.67. The van der Waals surface area contributed by atoms with Crippen LogP contribution < -0.4 is 5.32 Å². The van der Waals surface area contributed by atoms with Crippen LogP contribution in [-0.2, 0) is 11.8 Å². The van der Waals surface area contributed by atoms with Crippen molar-refractivity contribution in [3.63, 3.8) is 0 Å². The van der Waals surface area contributed by atoms with Gasteiger partial charge in [-0.1, -0.05) is 55.4 Å². The fraction of sp³-hybridized carbons (Fsp3) is 0.304. The van der Waals surface area contributed by atoms with E-state index in [0.29, 0.717) is 5.56 Å². The van der Waals surface area contributed by atoms with E-state index in [9.17, 15) is 4.79 Å². The molecule has 0 bridgehead atoms. The number of benzene rings is 2. The number of aromatic amines is 1. The second-order valence-corrected chi connectivity index (χ2v) is 8.25. The molecular formula is C23H25N5O. The predicted octanol–water partition coefficient (Wildman–Crippen LogP) is 4.63. The monoisotopic (exact) mass is 387 g/mol. The van der Waals surface area contributed by atoms with Gasteiger partial charge in [0, 0.05) is 5.56 Å². The Balaban J connectivity index is 1.53. The molecule has 4 rings (SSSR count). The number of amides is 1. The fourth-order valence-corrected chi connectivity index (χ4v) is 3.98. The number of anilines is 1. The van der Waals surface area contributed by atoms with E-state index in [0.717, 1.165) is 5.56 Å². The third-order valence-electron chi connectivity index (χ3n) is 5.67. The Morgan fingerprint density at radius 2 is 1.90 bits per heavy atom. The van der Waals surface area contributed by atoms with E-state index >= 15 is 0 Å². The van der Waals surface area contributed by atoms with Crippen LogP contribution in [0.5, 0.6) is 0 Å². The maximum Gasteiger partial charge on any atom is 0.270 e. The molecule has 1 amide bonds. The van der Waals surface area contributed by atoms with Gasteiger partial charge in [0.15, 0.2) is 0 Å². The van der Waals surface area contributed by atoms with Crippen LogP contribution in [0.4, 0.5) is 5.95 Å². The van der Waals surface area contributed by atoms with Crippen molar-refractivity contribution in [2.75, 3.05) is 5.32 Å². The van der Waals surface area contributed by atoms with Crippen molar-refractivity contribution >= 4 is 23.5 Å². The first kappa shape index (κ1) is 19.1. The molecule has 0 saturated heterocycles. The van der Waals surface area contributed by atoms with Crippen molar-refractivity contribution in [1.82, 2.24) is 20.6 Å². The average Bonchev–Trinajstić information content (AvgIpc) is 3.21. The molecule has 0 spiro atoms. The molecular weight excluding hydrogens is 362 g/mol. The average molecular weight is 387 g/mol. The number of rotatable bonds is 4. The highest BCUT2D eigenvalue weighted by Crippen LogP contribution is 2.38. The summed E-state index contributed by atoms with van der Waals surface area (Å²) in [5.74, 6) is -0.110. The Bertz CT molecular complexity index is 1050. The van der Waals surface area contributed by atoms with Crippen molar-refractivity contribution < 1.29 is 4.79 Å². The van der Waals surface area contributed by atoms with Crippen LogP contribution in [0.25, 0.3) is 11.6 Å². The number of nitrogens with one attached hydrogen (secondary N) is 2. The molecule has 1 aliphatic carbocycles. The number of carbonyl (C=O) groups is 1. The largest absolute Gasteiger partial charge is 0.288 e. The minimum absolute atomic E-state index is 0.158. The van der Waals surface area contributed by atoms with Gasteiger partial charge in [-0.3, -0.25) is 10.1 Å². The first-order valence-electron chi connectivity index (χ1n) is 9.89. The number of hydrogen-bond donors (Lipinski definition) is 2. The molecule has 6 nitrogen and oxygen atoms in total. The third kappa shape index (κ3) is 4.11. The summed E-state index contributed by atoms with van der Waals surface area (Å²) < 4.78 is 0. The number of tetrazole rings is 1. The highest BCUT2D eigenvalue weighted by molar-refractivity contribution is 6.03.